The third-order valence-electron chi connectivity index (χ3n) is 3.31. The number of carbonyl (C=O) groups excluding carboxylic acids is 2. The molecule has 2 amide bonds. The average molecular weight is 380 g/mol. The molecule has 0 heterocycles. The normalized spacial score (nSPS) is 10.2. The predicted molar refractivity (Wildman–Crippen MR) is 103 cm³/mol. The van der Waals surface area contributed by atoms with E-state index in [9.17, 15) is 9.59 Å². The zero-order chi connectivity index (χ0) is 18.2. The van der Waals surface area contributed by atoms with Crippen molar-refractivity contribution in [3.8, 4) is 0 Å². The van der Waals surface area contributed by atoms with Crippen LogP contribution in [0.4, 0.5) is 11.4 Å². The van der Waals surface area contributed by atoms with Crippen molar-refractivity contribution in [3.05, 3.63) is 58.1 Å². The third kappa shape index (κ3) is 5.96. The molecular formula is C18H19Cl2N3O2. The van der Waals surface area contributed by atoms with Crippen LogP contribution in [-0.4, -0.2) is 24.9 Å². The van der Waals surface area contributed by atoms with Gasteiger partial charge in [-0.3, -0.25) is 9.59 Å². The molecule has 0 atom stereocenters. The van der Waals surface area contributed by atoms with Crippen molar-refractivity contribution in [1.82, 2.24) is 5.32 Å². The summed E-state index contributed by atoms with van der Waals surface area (Å²) in [6.45, 7) is 2.63. The van der Waals surface area contributed by atoms with Crippen molar-refractivity contribution < 1.29 is 9.59 Å². The second-order valence-corrected chi connectivity index (χ2v) is 6.21. The minimum absolute atomic E-state index is 0.0353. The molecule has 132 valence electrons. The highest BCUT2D eigenvalue weighted by molar-refractivity contribution is 6.36. The largest absolute Gasteiger partial charge is 0.375 e. The average Bonchev–Trinajstić information content (AvgIpc) is 2.59. The number of amides is 2. The van der Waals surface area contributed by atoms with E-state index in [1.165, 1.54) is 0 Å². The van der Waals surface area contributed by atoms with Crippen molar-refractivity contribution in [2.45, 2.75) is 13.3 Å². The Morgan fingerprint density at radius 1 is 1.08 bits per heavy atom. The highest BCUT2D eigenvalue weighted by atomic mass is 35.5. The van der Waals surface area contributed by atoms with Gasteiger partial charge in [0.15, 0.2) is 0 Å². The van der Waals surface area contributed by atoms with E-state index in [1.54, 1.807) is 42.5 Å². The molecule has 2 rings (SSSR count). The van der Waals surface area contributed by atoms with E-state index in [1.807, 2.05) is 6.92 Å². The van der Waals surface area contributed by atoms with Crippen molar-refractivity contribution >= 4 is 46.4 Å². The number of anilines is 2. The van der Waals surface area contributed by atoms with Crippen LogP contribution >= 0.6 is 23.2 Å². The second-order valence-electron chi connectivity index (χ2n) is 5.36. The van der Waals surface area contributed by atoms with E-state index in [2.05, 4.69) is 16.0 Å². The molecule has 0 saturated carbocycles. The number of hydrogen-bond acceptors (Lipinski definition) is 3. The molecule has 2 aromatic carbocycles. The Kier molecular flexibility index (Phi) is 7.10. The summed E-state index contributed by atoms with van der Waals surface area (Å²) in [6.07, 6.45) is 0.862. The first-order chi connectivity index (χ1) is 12.0. The molecule has 0 aliphatic heterocycles. The van der Waals surface area contributed by atoms with Crippen LogP contribution in [0.2, 0.25) is 10.0 Å². The highest BCUT2D eigenvalue weighted by Crippen LogP contribution is 2.25. The molecule has 5 nitrogen and oxygen atoms in total. The van der Waals surface area contributed by atoms with Gasteiger partial charge in [0.1, 0.15) is 0 Å². The molecule has 25 heavy (non-hydrogen) atoms. The van der Waals surface area contributed by atoms with Crippen LogP contribution in [0.3, 0.4) is 0 Å². The van der Waals surface area contributed by atoms with Gasteiger partial charge in [-0.25, -0.2) is 0 Å². The monoisotopic (exact) mass is 379 g/mol. The van der Waals surface area contributed by atoms with Gasteiger partial charge in [-0.15, -0.1) is 0 Å². The van der Waals surface area contributed by atoms with Crippen LogP contribution in [0, 0.1) is 0 Å². The lowest BCUT2D eigenvalue weighted by Gasteiger charge is -2.10. The molecular weight excluding hydrogens is 361 g/mol. The predicted octanol–water partition coefficient (Wildman–Crippen LogP) is 4.18. The first-order valence-corrected chi connectivity index (χ1v) is 8.62. The first kappa shape index (κ1) is 19.1. The van der Waals surface area contributed by atoms with Crippen molar-refractivity contribution in [2.75, 3.05) is 23.7 Å². The molecule has 0 aliphatic rings. The number of hydrogen-bond donors (Lipinski definition) is 3. The fourth-order valence-electron chi connectivity index (χ4n) is 2.09. The number of halogens is 2. The quantitative estimate of drug-likeness (QED) is 0.675. The Balaban J connectivity index is 1.93. The van der Waals surface area contributed by atoms with Gasteiger partial charge in [0.25, 0.3) is 5.91 Å². The molecule has 0 spiro atoms. The maximum atomic E-state index is 12.1. The Hall–Kier alpha value is -2.24. The minimum atomic E-state index is -0.253. The molecule has 0 radical (unpaired) electrons. The maximum Gasteiger partial charge on any atom is 0.251 e. The number of carbonyl (C=O) groups is 2. The highest BCUT2D eigenvalue weighted by Gasteiger charge is 2.08. The summed E-state index contributed by atoms with van der Waals surface area (Å²) < 4.78 is 0. The van der Waals surface area contributed by atoms with E-state index >= 15 is 0 Å². The zero-order valence-corrected chi connectivity index (χ0v) is 15.2. The maximum absolute atomic E-state index is 12.1. The van der Waals surface area contributed by atoms with Crippen LogP contribution in [-0.2, 0) is 4.79 Å². The molecule has 0 fully saturated rings. The molecule has 7 heteroatoms. The summed E-state index contributed by atoms with van der Waals surface area (Å²) in [5.41, 5.74) is 1.67. The van der Waals surface area contributed by atoms with Crippen LogP contribution in [0.15, 0.2) is 42.5 Å². The van der Waals surface area contributed by atoms with Crippen LogP contribution in [0.5, 0.6) is 0 Å². The van der Waals surface area contributed by atoms with Crippen LogP contribution in [0.1, 0.15) is 23.7 Å². The summed E-state index contributed by atoms with van der Waals surface area (Å²) in [6, 6.07) is 11.8. The number of benzene rings is 2. The summed E-state index contributed by atoms with van der Waals surface area (Å²) in [4.78, 5) is 24.0. The van der Waals surface area contributed by atoms with Gasteiger partial charge in [-0.05, 0) is 42.8 Å². The SMILES string of the molecule is CCCNC(=O)c1cccc(NC(=O)CNc2ccc(Cl)cc2Cl)c1. The summed E-state index contributed by atoms with van der Waals surface area (Å²) in [5, 5.41) is 9.45. The van der Waals surface area contributed by atoms with Crippen molar-refractivity contribution in [3.63, 3.8) is 0 Å². The van der Waals surface area contributed by atoms with Gasteiger partial charge in [-0.1, -0.05) is 36.2 Å². The number of rotatable bonds is 7. The molecule has 0 bridgehead atoms. The van der Waals surface area contributed by atoms with Gasteiger partial charge in [0.05, 0.1) is 17.3 Å². The summed E-state index contributed by atoms with van der Waals surface area (Å²) in [5.74, 6) is -0.416. The zero-order valence-electron chi connectivity index (χ0n) is 13.7. The van der Waals surface area contributed by atoms with Gasteiger partial charge in [-0.2, -0.15) is 0 Å². The fraction of sp³-hybridized carbons (Fsp3) is 0.222. The first-order valence-electron chi connectivity index (χ1n) is 7.86. The van der Waals surface area contributed by atoms with Crippen LogP contribution < -0.4 is 16.0 Å². The molecule has 0 aliphatic carbocycles. The number of nitrogens with one attached hydrogen (secondary N) is 3. The van der Waals surface area contributed by atoms with E-state index in [0.29, 0.717) is 33.5 Å². The summed E-state index contributed by atoms with van der Waals surface area (Å²) in [7, 11) is 0. The van der Waals surface area contributed by atoms with Gasteiger partial charge in [0, 0.05) is 22.8 Å². The van der Waals surface area contributed by atoms with Crippen LogP contribution in [0.25, 0.3) is 0 Å². The lowest BCUT2D eigenvalue weighted by atomic mass is 10.2. The van der Waals surface area contributed by atoms with Gasteiger partial charge in [0.2, 0.25) is 5.91 Å². The smallest absolute Gasteiger partial charge is 0.251 e. The summed E-state index contributed by atoms with van der Waals surface area (Å²) >= 11 is 11.9. The molecule has 0 aromatic heterocycles. The Bertz CT molecular complexity index is 766. The second kappa shape index (κ2) is 9.30. The molecule has 2 aromatic rings. The van der Waals surface area contributed by atoms with E-state index in [4.69, 9.17) is 23.2 Å². The van der Waals surface area contributed by atoms with E-state index in [0.717, 1.165) is 6.42 Å². The van der Waals surface area contributed by atoms with Gasteiger partial charge >= 0.3 is 0 Å². The fourth-order valence-corrected chi connectivity index (χ4v) is 2.57. The minimum Gasteiger partial charge on any atom is -0.375 e. The Morgan fingerprint density at radius 3 is 2.60 bits per heavy atom. The van der Waals surface area contributed by atoms with E-state index < -0.39 is 0 Å². The standard InChI is InChI=1S/C18H19Cl2N3O2/c1-2-8-21-18(25)12-4-3-5-14(9-12)23-17(24)11-22-16-7-6-13(19)10-15(16)20/h3-7,9-10,22H,2,8,11H2,1H3,(H,21,25)(H,23,24). The molecule has 0 saturated heterocycles. The molecule has 3 N–H and O–H groups in total. The topological polar surface area (TPSA) is 70.2 Å². The van der Waals surface area contributed by atoms with Crippen molar-refractivity contribution in [2.24, 2.45) is 0 Å². The third-order valence-corrected chi connectivity index (χ3v) is 3.86. The Morgan fingerprint density at radius 2 is 1.88 bits per heavy atom. The lowest BCUT2D eigenvalue weighted by molar-refractivity contribution is -0.114. The van der Waals surface area contributed by atoms with E-state index in [-0.39, 0.29) is 18.4 Å². The Labute approximate surface area is 156 Å². The lowest BCUT2D eigenvalue weighted by Crippen LogP contribution is -2.25. The van der Waals surface area contributed by atoms with Gasteiger partial charge < -0.3 is 16.0 Å². The van der Waals surface area contributed by atoms with Crippen molar-refractivity contribution in [1.29, 1.82) is 0 Å². The molecule has 0 unspecified atom stereocenters.